The van der Waals surface area contributed by atoms with E-state index in [1.54, 1.807) is 10.9 Å². The minimum absolute atomic E-state index is 0.0180. The summed E-state index contributed by atoms with van der Waals surface area (Å²) in [6, 6.07) is 20.8. The van der Waals surface area contributed by atoms with Crippen LogP contribution in [0.25, 0.3) is 11.2 Å². The van der Waals surface area contributed by atoms with Gasteiger partial charge in [-0.2, -0.15) is 14.4 Å². The van der Waals surface area contributed by atoms with Crippen LogP contribution in [-0.2, 0) is 9.16 Å². The third kappa shape index (κ3) is 4.19. The molecule has 7 nitrogen and oxygen atoms in total. The second kappa shape index (κ2) is 9.62. The molecule has 0 radical (unpaired) electrons. The summed E-state index contributed by atoms with van der Waals surface area (Å²) in [7, 11) is -2.84. The fraction of sp³-hybridized carbons (Fsp3) is 0.345. The summed E-state index contributed by atoms with van der Waals surface area (Å²) in [6.07, 6.45) is 6.87. The van der Waals surface area contributed by atoms with Crippen molar-refractivity contribution < 1.29 is 13.6 Å². The predicted molar refractivity (Wildman–Crippen MR) is 149 cm³/mol. The largest absolute Gasteiger partial charge is 0.403 e. The average molecular weight is 530 g/mol. The molecule has 4 aromatic rings. The second-order valence-electron chi connectivity index (χ2n) is 10.9. The zero-order valence-corrected chi connectivity index (χ0v) is 23.1. The molecule has 2 N–H and O–H groups in total. The van der Waals surface area contributed by atoms with Crippen molar-refractivity contribution >= 4 is 35.7 Å². The lowest BCUT2D eigenvalue weighted by atomic mass is 9.90. The van der Waals surface area contributed by atoms with E-state index >= 15 is 0 Å². The summed E-state index contributed by atoms with van der Waals surface area (Å²) >= 11 is 0. The fourth-order valence-electron chi connectivity index (χ4n) is 5.56. The Bertz CT molecular complexity index is 1440. The lowest BCUT2D eigenvalue weighted by Gasteiger charge is -2.44. The standard InChI is InChI=1S/C29H32FN5O2Si/c1-6-29(20(2)17-23(37-29)35-19-32-24-25(31)33-27(30)34-26(24)35)18-36-38(28(3,4)5,21-13-9-7-10-14-21)22-15-11-8-12-16-22/h1,7-16,19-20,23H,17-18H2,2-5H3,(H2,31,33,34)/t20-,23+,29+/m0/s1. The van der Waals surface area contributed by atoms with E-state index in [0.717, 1.165) is 10.4 Å². The normalized spacial score (nSPS) is 22.0. The molecule has 0 saturated carbocycles. The summed E-state index contributed by atoms with van der Waals surface area (Å²) in [5.74, 6) is 2.85. The minimum Gasteiger partial charge on any atom is -0.403 e. The SMILES string of the molecule is C#C[C@]1(CO[Si](c2ccccc2)(c2ccccc2)C(C)(C)C)O[C@@H](n2cnc3c(N)nc(F)nc32)C[C@@H]1C. The van der Waals surface area contributed by atoms with E-state index in [1.165, 1.54) is 0 Å². The van der Waals surface area contributed by atoms with E-state index in [0.29, 0.717) is 11.9 Å². The van der Waals surface area contributed by atoms with E-state index in [9.17, 15) is 4.39 Å². The number of benzene rings is 2. The molecule has 5 rings (SSSR count). The number of nitrogen functional groups attached to an aromatic ring is 1. The summed E-state index contributed by atoms with van der Waals surface area (Å²) in [6.45, 7) is 8.92. The van der Waals surface area contributed by atoms with Crippen molar-refractivity contribution in [3.05, 3.63) is 73.1 Å². The molecular formula is C29H32FN5O2Si. The van der Waals surface area contributed by atoms with Gasteiger partial charge in [-0.25, -0.2) is 4.98 Å². The lowest BCUT2D eigenvalue weighted by Crippen LogP contribution is -2.67. The van der Waals surface area contributed by atoms with Gasteiger partial charge in [-0.3, -0.25) is 4.57 Å². The van der Waals surface area contributed by atoms with Gasteiger partial charge in [0, 0.05) is 5.92 Å². The first-order valence-corrected chi connectivity index (χ1v) is 14.6. The summed E-state index contributed by atoms with van der Waals surface area (Å²) < 4.78 is 29.4. The van der Waals surface area contributed by atoms with Crippen LogP contribution >= 0.6 is 0 Å². The molecule has 2 aromatic carbocycles. The van der Waals surface area contributed by atoms with Crippen LogP contribution in [0.3, 0.4) is 0 Å². The molecule has 1 aliphatic heterocycles. The van der Waals surface area contributed by atoms with E-state index in [1.807, 2.05) is 36.4 Å². The zero-order chi connectivity index (χ0) is 27.1. The van der Waals surface area contributed by atoms with Crippen LogP contribution < -0.4 is 16.1 Å². The van der Waals surface area contributed by atoms with Crippen LogP contribution in [0.15, 0.2) is 67.0 Å². The van der Waals surface area contributed by atoms with E-state index in [4.69, 9.17) is 21.3 Å². The molecule has 1 saturated heterocycles. The van der Waals surface area contributed by atoms with E-state index in [2.05, 4.69) is 72.8 Å². The molecule has 2 aromatic heterocycles. The van der Waals surface area contributed by atoms with Gasteiger partial charge in [0.25, 0.3) is 8.32 Å². The molecule has 3 atom stereocenters. The van der Waals surface area contributed by atoms with Crippen LogP contribution in [0.1, 0.15) is 40.3 Å². The van der Waals surface area contributed by atoms with Crippen molar-refractivity contribution in [2.24, 2.45) is 5.92 Å². The number of fused-ring (bicyclic) bond motifs is 1. The first kappa shape index (κ1) is 26.0. The van der Waals surface area contributed by atoms with Gasteiger partial charge >= 0.3 is 6.08 Å². The molecule has 3 heterocycles. The Kier molecular flexibility index (Phi) is 6.59. The summed E-state index contributed by atoms with van der Waals surface area (Å²) in [4.78, 5) is 11.8. The van der Waals surface area contributed by atoms with Gasteiger partial charge in [-0.15, -0.1) is 6.42 Å². The Morgan fingerprint density at radius 1 is 1.13 bits per heavy atom. The highest BCUT2D eigenvalue weighted by Crippen LogP contribution is 2.44. The van der Waals surface area contributed by atoms with Crippen LogP contribution in [-0.4, -0.2) is 40.0 Å². The van der Waals surface area contributed by atoms with Crippen molar-refractivity contribution in [2.45, 2.75) is 51.0 Å². The van der Waals surface area contributed by atoms with E-state index in [-0.39, 0.29) is 29.0 Å². The Balaban J connectivity index is 1.53. The molecule has 0 bridgehead atoms. The number of aromatic nitrogens is 4. The van der Waals surface area contributed by atoms with Crippen LogP contribution in [0.2, 0.25) is 5.04 Å². The van der Waals surface area contributed by atoms with Crippen molar-refractivity contribution in [1.29, 1.82) is 0 Å². The molecule has 0 aliphatic carbocycles. The number of nitrogens with two attached hydrogens (primary N) is 1. The van der Waals surface area contributed by atoms with Gasteiger partial charge < -0.3 is 14.9 Å². The number of terminal acetylenes is 1. The highest BCUT2D eigenvalue weighted by atomic mass is 28.4. The lowest BCUT2D eigenvalue weighted by molar-refractivity contribution is -0.0682. The Morgan fingerprint density at radius 2 is 1.74 bits per heavy atom. The van der Waals surface area contributed by atoms with Crippen molar-refractivity contribution in [3.8, 4) is 12.3 Å². The van der Waals surface area contributed by atoms with Crippen LogP contribution in [0.5, 0.6) is 0 Å². The van der Waals surface area contributed by atoms with E-state index < -0.39 is 26.2 Å². The van der Waals surface area contributed by atoms with Gasteiger partial charge in [0.05, 0.1) is 12.9 Å². The van der Waals surface area contributed by atoms with Crippen molar-refractivity contribution in [2.75, 3.05) is 12.3 Å². The number of nitrogens with zero attached hydrogens (tertiary/aromatic N) is 4. The Morgan fingerprint density at radius 3 is 2.29 bits per heavy atom. The maximum atomic E-state index is 14.0. The maximum Gasteiger partial charge on any atom is 0.312 e. The van der Waals surface area contributed by atoms with Crippen molar-refractivity contribution in [3.63, 3.8) is 0 Å². The number of halogens is 1. The molecule has 196 valence electrons. The topological polar surface area (TPSA) is 88.1 Å². The average Bonchev–Trinajstić information content (AvgIpc) is 3.46. The predicted octanol–water partition coefficient (Wildman–Crippen LogP) is 4.05. The maximum absolute atomic E-state index is 14.0. The van der Waals surface area contributed by atoms with Gasteiger partial charge in [-0.05, 0) is 21.8 Å². The first-order chi connectivity index (χ1) is 18.1. The fourth-order valence-corrected chi connectivity index (χ4v) is 10.1. The minimum atomic E-state index is -2.84. The molecule has 1 aliphatic rings. The van der Waals surface area contributed by atoms with Gasteiger partial charge in [-0.1, -0.05) is 94.3 Å². The molecule has 0 spiro atoms. The summed E-state index contributed by atoms with van der Waals surface area (Å²) in [5, 5.41) is 2.12. The third-order valence-corrected chi connectivity index (χ3v) is 12.6. The highest BCUT2D eigenvalue weighted by molar-refractivity contribution is 6.99. The van der Waals surface area contributed by atoms with Gasteiger partial charge in [0.1, 0.15) is 6.23 Å². The smallest absolute Gasteiger partial charge is 0.312 e. The number of hydrogen-bond donors (Lipinski definition) is 1. The van der Waals surface area contributed by atoms with Crippen molar-refractivity contribution in [1.82, 2.24) is 19.5 Å². The summed E-state index contributed by atoms with van der Waals surface area (Å²) in [5.41, 5.74) is 5.45. The zero-order valence-electron chi connectivity index (χ0n) is 22.1. The molecule has 9 heteroatoms. The molecule has 0 unspecified atom stereocenters. The van der Waals surface area contributed by atoms with Crippen LogP contribution in [0, 0.1) is 24.3 Å². The highest BCUT2D eigenvalue weighted by Gasteiger charge is 2.54. The molecule has 1 fully saturated rings. The van der Waals surface area contributed by atoms with Gasteiger partial charge in [0.15, 0.2) is 22.6 Å². The number of anilines is 1. The van der Waals surface area contributed by atoms with Gasteiger partial charge in [0.2, 0.25) is 0 Å². The number of ether oxygens (including phenoxy) is 1. The second-order valence-corrected chi connectivity index (χ2v) is 15.2. The molecule has 38 heavy (non-hydrogen) atoms. The number of rotatable bonds is 6. The Hall–Kier alpha value is -3.58. The Labute approximate surface area is 223 Å². The first-order valence-electron chi connectivity index (χ1n) is 12.7. The third-order valence-electron chi connectivity index (χ3n) is 7.59. The van der Waals surface area contributed by atoms with Crippen LogP contribution in [0.4, 0.5) is 10.2 Å². The molecular weight excluding hydrogens is 497 g/mol. The number of imidazole rings is 1. The molecule has 0 amide bonds. The quantitative estimate of drug-likeness (QED) is 0.230. The monoisotopic (exact) mass is 529 g/mol. The number of hydrogen-bond acceptors (Lipinski definition) is 6.